The maximum atomic E-state index is 5.72. The third-order valence-corrected chi connectivity index (χ3v) is 10.2. The van der Waals surface area contributed by atoms with Gasteiger partial charge in [-0.1, -0.05) is 61.9 Å². The van der Waals surface area contributed by atoms with Crippen LogP contribution in [0, 0.1) is 0 Å². The van der Waals surface area contributed by atoms with Crippen LogP contribution in [0.4, 0.5) is 0 Å². The van der Waals surface area contributed by atoms with Crippen LogP contribution in [0.1, 0.15) is 66.7 Å². The molecule has 23 heavy (non-hydrogen) atoms. The molecule has 8 heteroatoms. The molecule has 2 unspecified atom stereocenters. The first-order chi connectivity index (χ1) is 10.9. The molecule has 1 aliphatic heterocycles. The summed E-state index contributed by atoms with van der Waals surface area (Å²) in [4.78, 5) is 4.79. The van der Waals surface area contributed by atoms with Gasteiger partial charge in [0.15, 0.2) is 5.04 Å². The molecular weight excluding hydrogens is 367 g/mol. The van der Waals surface area contributed by atoms with Gasteiger partial charge in [0.25, 0.3) is 0 Å². The first-order valence-corrected chi connectivity index (χ1v) is 13.4. The van der Waals surface area contributed by atoms with Crippen LogP contribution in [0.3, 0.4) is 0 Å². The van der Waals surface area contributed by atoms with Crippen LogP contribution >= 0.6 is 28.8 Å². The zero-order valence-corrected chi connectivity index (χ0v) is 18.2. The van der Waals surface area contributed by atoms with E-state index >= 15 is 0 Å². The molecule has 0 fully saturated rings. The molecule has 0 spiro atoms. The lowest BCUT2D eigenvalue weighted by molar-refractivity contribution is 0.281. The second-order valence-corrected chi connectivity index (χ2v) is 13.1. The van der Waals surface area contributed by atoms with Gasteiger partial charge in [-0.2, -0.15) is 0 Å². The Morgan fingerprint density at radius 3 is 2.61 bits per heavy atom. The third kappa shape index (κ3) is 6.69. The lowest BCUT2D eigenvalue weighted by Crippen LogP contribution is -2.18. The van der Waals surface area contributed by atoms with Gasteiger partial charge in [-0.05, 0) is 44.9 Å². The highest BCUT2D eigenvalue weighted by Gasteiger charge is 2.37. The molecule has 0 bridgehead atoms. The van der Waals surface area contributed by atoms with Gasteiger partial charge in [-0.3, -0.25) is 4.99 Å². The summed E-state index contributed by atoms with van der Waals surface area (Å²) in [5, 5.41) is 5.20. The first kappa shape index (κ1) is 21.5. The molecule has 0 saturated carbocycles. The lowest BCUT2D eigenvalue weighted by Gasteiger charge is -2.22. The number of unbranched alkanes of at least 4 members (excludes halogenated alkanes) is 1. The predicted octanol–water partition coefficient (Wildman–Crippen LogP) is 6.22. The van der Waals surface area contributed by atoms with Crippen molar-refractivity contribution in [3.63, 3.8) is 0 Å². The van der Waals surface area contributed by atoms with Crippen LogP contribution in [-0.4, -0.2) is 28.0 Å². The van der Waals surface area contributed by atoms with Gasteiger partial charge >= 0.3 is 5.69 Å². The van der Waals surface area contributed by atoms with Gasteiger partial charge in [-0.15, -0.1) is 0 Å². The average Bonchev–Trinajstić information content (AvgIpc) is 2.86. The standard InChI is InChI=1S/C15H29N2O2PS3/c1-6-10-11-15(8-3)16-13(5)14(23-15)17-19-20(21,18-9-4)22-12-7-2/h6-12H2,1-5H3. The van der Waals surface area contributed by atoms with Gasteiger partial charge in [0.05, 0.1) is 12.3 Å². The molecule has 1 aliphatic rings. The van der Waals surface area contributed by atoms with Crippen molar-refractivity contribution in [2.75, 3.05) is 12.4 Å². The summed E-state index contributed by atoms with van der Waals surface area (Å²) in [5.74, 6) is 0.928. The van der Waals surface area contributed by atoms with E-state index in [2.05, 4.69) is 25.9 Å². The number of hydrogen-bond acceptors (Lipinski definition) is 7. The van der Waals surface area contributed by atoms with E-state index in [0.717, 1.165) is 35.8 Å². The summed E-state index contributed by atoms with van der Waals surface area (Å²) in [6.45, 7) is 11.0. The minimum atomic E-state index is -2.39. The van der Waals surface area contributed by atoms with E-state index < -0.39 is 5.69 Å². The fraction of sp³-hybridized carbons (Fsp3) is 0.867. The monoisotopic (exact) mass is 396 g/mol. The van der Waals surface area contributed by atoms with Crippen LogP contribution in [0.25, 0.3) is 0 Å². The molecule has 0 aliphatic carbocycles. The Balaban J connectivity index is 2.80. The van der Waals surface area contributed by atoms with E-state index in [1.54, 1.807) is 23.1 Å². The van der Waals surface area contributed by atoms with Crippen LogP contribution in [0.2, 0.25) is 0 Å². The smallest absolute Gasteiger partial charge is 0.321 e. The van der Waals surface area contributed by atoms with Gasteiger partial charge in [0.2, 0.25) is 0 Å². The van der Waals surface area contributed by atoms with Crippen molar-refractivity contribution in [2.24, 2.45) is 10.1 Å². The number of oxime groups is 1. The molecular formula is C15H29N2O2PS3. The van der Waals surface area contributed by atoms with E-state index in [0.29, 0.717) is 6.61 Å². The molecule has 1 rings (SSSR count). The Morgan fingerprint density at radius 1 is 1.30 bits per heavy atom. The third-order valence-electron chi connectivity index (χ3n) is 3.41. The predicted molar refractivity (Wildman–Crippen MR) is 110 cm³/mol. The summed E-state index contributed by atoms with van der Waals surface area (Å²) in [5.41, 5.74) is -1.44. The molecule has 0 aromatic rings. The maximum Gasteiger partial charge on any atom is 0.321 e. The summed E-state index contributed by atoms with van der Waals surface area (Å²) in [6, 6.07) is 0. The molecule has 0 amide bonds. The second kappa shape index (κ2) is 10.4. The SMILES string of the molecule is CCCCC1(CC)N=C(C)C(=NOP(=S)(OCC)SCCC)S1. The number of hydrogen-bond donors (Lipinski definition) is 0. The number of nitrogens with zero attached hydrogens (tertiary/aromatic N) is 2. The molecule has 0 aromatic carbocycles. The topological polar surface area (TPSA) is 43.2 Å². The van der Waals surface area contributed by atoms with E-state index in [1.165, 1.54) is 12.8 Å². The number of rotatable bonds is 11. The fourth-order valence-corrected chi connectivity index (χ4v) is 7.55. The lowest BCUT2D eigenvalue weighted by atomic mass is 10.1. The van der Waals surface area contributed by atoms with Crippen LogP contribution in [0.5, 0.6) is 0 Å². The van der Waals surface area contributed by atoms with E-state index in [1.807, 2.05) is 13.8 Å². The van der Waals surface area contributed by atoms with Crippen molar-refractivity contribution in [2.45, 2.75) is 71.6 Å². The van der Waals surface area contributed by atoms with Gasteiger partial charge in [0.1, 0.15) is 4.87 Å². The van der Waals surface area contributed by atoms with Gasteiger partial charge < -0.3 is 9.15 Å². The Bertz CT molecular complexity index is 485. The van der Waals surface area contributed by atoms with Crippen molar-refractivity contribution in [3.05, 3.63) is 0 Å². The summed E-state index contributed by atoms with van der Waals surface area (Å²) < 4.78 is 11.4. The number of aliphatic imine (C=N–C) groups is 1. The molecule has 0 aromatic heterocycles. The quantitative estimate of drug-likeness (QED) is 0.306. The van der Waals surface area contributed by atoms with Gasteiger partial charge in [-0.25, -0.2) is 0 Å². The molecule has 0 radical (unpaired) electrons. The molecule has 1 heterocycles. The Morgan fingerprint density at radius 2 is 2.04 bits per heavy atom. The van der Waals surface area contributed by atoms with Crippen molar-refractivity contribution < 1.29 is 9.15 Å². The largest absolute Gasteiger partial charge is 0.328 e. The highest BCUT2D eigenvalue weighted by atomic mass is 32.9. The van der Waals surface area contributed by atoms with E-state index in [4.69, 9.17) is 25.9 Å². The zero-order valence-electron chi connectivity index (χ0n) is 14.8. The molecule has 2 atom stereocenters. The Hall–Kier alpha value is 0.450. The average molecular weight is 397 g/mol. The Kier molecular flexibility index (Phi) is 9.76. The van der Waals surface area contributed by atoms with Crippen molar-refractivity contribution in [3.8, 4) is 0 Å². The minimum Gasteiger partial charge on any atom is -0.328 e. The highest BCUT2D eigenvalue weighted by Crippen LogP contribution is 2.61. The molecule has 4 nitrogen and oxygen atoms in total. The van der Waals surface area contributed by atoms with Crippen molar-refractivity contribution in [1.82, 2.24) is 0 Å². The van der Waals surface area contributed by atoms with Crippen LogP contribution in [-0.2, 0) is 21.0 Å². The minimum absolute atomic E-state index is 0.0764. The van der Waals surface area contributed by atoms with Crippen molar-refractivity contribution in [1.29, 1.82) is 0 Å². The zero-order chi connectivity index (χ0) is 17.3. The maximum absolute atomic E-state index is 5.72. The summed E-state index contributed by atoms with van der Waals surface area (Å²) in [6.07, 6.45) is 5.47. The van der Waals surface area contributed by atoms with Crippen LogP contribution in [0.15, 0.2) is 10.1 Å². The molecule has 0 N–H and O–H groups in total. The summed E-state index contributed by atoms with van der Waals surface area (Å²) >= 11 is 8.86. The Labute approximate surface area is 154 Å². The fourth-order valence-electron chi connectivity index (χ4n) is 2.14. The molecule has 134 valence electrons. The van der Waals surface area contributed by atoms with E-state index in [-0.39, 0.29) is 4.87 Å². The van der Waals surface area contributed by atoms with Crippen molar-refractivity contribution >= 4 is 51.4 Å². The van der Waals surface area contributed by atoms with Gasteiger partial charge in [0, 0.05) is 5.75 Å². The molecule has 0 saturated heterocycles. The first-order valence-electron chi connectivity index (χ1n) is 8.35. The summed E-state index contributed by atoms with van der Waals surface area (Å²) in [7, 11) is 0. The highest BCUT2D eigenvalue weighted by molar-refractivity contribution is 8.67. The second-order valence-electron chi connectivity index (χ2n) is 5.38. The van der Waals surface area contributed by atoms with Crippen LogP contribution < -0.4 is 0 Å². The normalized spacial score (nSPS) is 25.4. The van der Waals surface area contributed by atoms with E-state index in [9.17, 15) is 0 Å². The number of thioether (sulfide) groups is 1.